The molecule has 7 nitrogen and oxygen atoms in total. The second kappa shape index (κ2) is 10.2. The molecule has 1 rings (SSSR count). The van der Waals surface area contributed by atoms with Gasteiger partial charge in [0, 0.05) is 43.8 Å². The third kappa shape index (κ3) is 6.63. The van der Waals surface area contributed by atoms with Gasteiger partial charge in [0.25, 0.3) is 5.69 Å². The fraction of sp³-hybridized carbons (Fsp3) is 0.462. The third-order valence-electron chi connectivity index (χ3n) is 2.89. The van der Waals surface area contributed by atoms with Gasteiger partial charge in [-0.3, -0.25) is 19.8 Å². The van der Waals surface area contributed by atoms with Gasteiger partial charge in [-0.1, -0.05) is 0 Å². The van der Waals surface area contributed by atoms with Crippen molar-refractivity contribution in [2.45, 2.75) is 6.42 Å². The Morgan fingerprint density at radius 2 is 1.62 bits per heavy atom. The average Bonchev–Trinajstić information content (AvgIpc) is 2.45. The van der Waals surface area contributed by atoms with Gasteiger partial charge >= 0.3 is 0 Å². The van der Waals surface area contributed by atoms with E-state index in [2.05, 4.69) is 0 Å². The SMILES string of the molecule is Cl.O=C(CCN(CCO)CCO)c1ccc([N+](=O)[O-])cc1. The van der Waals surface area contributed by atoms with Crippen molar-refractivity contribution in [3.63, 3.8) is 0 Å². The van der Waals surface area contributed by atoms with E-state index in [1.165, 1.54) is 24.3 Å². The van der Waals surface area contributed by atoms with Crippen LogP contribution in [0.25, 0.3) is 0 Å². The number of nitro benzene ring substituents is 1. The molecule has 0 radical (unpaired) electrons. The molecule has 1 aromatic carbocycles. The van der Waals surface area contributed by atoms with Gasteiger partial charge in [-0.25, -0.2) is 0 Å². The highest BCUT2D eigenvalue weighted by Crippen LogP contribution is 2.13. The van der Waals surface area contributed by atoms with E-state index >= 15 is 0 Å². The van der Waals surface area contributed by atoms with Crippen molar-refractivity contribution < 1.29 is 19.9 Å². The predicted molar refractivity (Wildman–Crippen MR) is 79.9 cm³/mol. The van der Waals surface area contributed by atoms with Crippen LogP contribution in [0.15, 0.2) is 24.3 Å². The van der Waals surface area contributed by atoms with Crippen LogP contribution in [0.4, 0.5) is 5.69 Å². The van der Waals surface area contributed by atoms with Crippen LogP contribution in [0.3, 0.4) is 0 Å². The van der Waals surface area contributed by atoms with Crippen molar-refractivity contribution in [3.05, 3.63) is 39.9 Å². The van der Waals surface area contributed by atoms with E-state index in [0.29, 0.717) is 25.2 Å². The van der Waals surface area contributed by atoms with Crippen molar-refractivity contribution in [2.24, 2.45) is 0 Å². The highest BCUT2D eigenvalue weighted by molar-refractivity contribution is 5.96. The van der Waals surface area contributed by atoms with Crippen LogP contribution >= 0.6 is 12.4 Å². The maximum atomic E-state index is 11.9. The second-order valence-corrected chi connectivity index (χ2v) is 4.27. The molecule has 0 bridgehead atoms. The quantitative estimate of drug-likeness (QED) is 0.398. The zero-order valence-electron chi connectivity index (χ0n) is 11.5. The lowest BCUT2D eigenvalue weighted by Crippen LogP contribution is -2.31. The number of benzene rings is 1. The first-order chi connectivity index (χ1) is 9.58. The topological polar surface area (TPSA) is 104 Å². The molecule has 0 aliphatic heterocycles. The minimum Gasteiger partial charge on any atom is -0.395 e. The Balaban J connectivity index is 0.00000400. The van der Waals surface area contributed by atoms with E-state index < -0.39 is 4.92 Å². The van der Waals surface area contributed by atoms with Crippen LogP contribution in [-0.4, -0.2) is 58.7 Å². The van der Waals surface area contributed by atoms with E-state index in [-0.39, 0.29) is 43.5 Å². The summed E-state index contributed by atoms with van der Waals surface area (Å²) in [7, 11) is 0. The Labute approximate surface area is 128 Å². The molecule has 0 fully saturated rings. The molecule has 0 saturated carbocycles. The minimum atomic E-state index is -0.515. The number of carbonyl (C=O) groups excluding carboxylic acids is 1. The monoisotopic (exact) mass is 318 g/mol. The van der Waals surface area contributed by atoms with Gasteiger partial charge in [-0.15, -0.1) is 12.4 Å². The number of hydrogen-bond donors (Lipinski definition) is 2. The molecule has 1 aromatic rings. The summed E-state index contributed by atoms with van der Waals surface area (Å²) in [4.78, 5) is 23.7. The first-order valence-electron chi connectivity index (χ1n) is 6.30. The zero-order chi connectivity index (χ0) is 15.0. The first kappa shape index (κ1) is 19.5. The van der Waals surface area contributed by atoms with Crippen LogP contribution in [0, 0.1) is 10.1 Å². The van der Waals surface area contributed by atoms with E-state index in [1.807, 2.05) is 0 Å². The van der Waals surface area contributed by atoms with Crippen molar-refractivity contribution in [3.8, 4) is 0 Å². The molecule has 0 spiro atoms. The summed E-state index contributed by atoms with van der Waals surface area (Å²) in [6.07, 6.45) is 0.234. The van der Waals surface area contributed by atoms with E-state index in [4.69, 9.17) is 10.2 Å². The highest BCUT2D eigenvalue weighted by Gasteiger charge is 2.11. The normalized spacial score (nSPS) is 10.2. The number of nitro groups is 1. The average molecular weight is 319 g/mol. The van der Waals surface area contributed by atoms with Gasteiger partial charge in [-0.2, -0.15) is 0 Å². The number of hydrogen-bond acceptors (Lipinski definition) is 6. The van der Waals surface area contributed by atoms with Gasteiger partial charge in [0.05, 0.1) is 18.1 Å². The second-order valence-electron chi connectivity index (χ2n) is 4.27. The number of ketones is 1. The van der Waals surface area contributed by atoms with Gasteiger partial charge in [-0.05, 0) is 12.1 Å². The van der Waals surface area contributed by atoms with E-state index in [1.54, 1.807) is 4.90 Å². The molecule has 0 unspecified atom stereocenters. The van der Waals surface area contributed by atoms with Gasteiger partial charge in [0.1, 0.15) is 0 Å². The molecule has 0 aliphatic carbocycles. The Morgan fingerprint density at radius 3 is 2.05 bits per heavy atom. The molecular weight excluding hydrogens is 300 g/mol. The number of aliphatic hydroxyl groups excluding tert-OH is 2. The van der Waals surface area contributed by atoms with Gasteiger partial charge in [0.15, 0.2) is 5.78 Å². The largest absolute Gasteiger partial charge is 0.395 e. The number of halogens is 1. The smallest absolute Gasteiger partial charge is 0.269 e. The number of Topliss-reactive ketones (excluding diaryl/α,β-unsaturated/α-hetero) is 1. The van der Waals surface area contributed by atoms with Crippen LogP contribution in [0.1, 0.15) is 16.8 Å². The molecule has 0 atom stereocenters. The Kier molecular flexibility index (Phi) is 9.48. The minimum absolute atomic E-state index is 0. The van der Waals surface area contributed by atoms with Crippen molar-refractivity contribution in [1.29, 1.82) is 0 Å². The summed E-state index contributed by atoms with van der Waals surface area (Å²) in [6, 6.07) is 5.46. The zero-order valence-corrected chi connectivity index (χ0v) is 12.3. The summed E-state index contributed by atoms with van der Waals surface area (Å²) in [5.74, 6) is -0.124. The summed E-state index contributed by atoms with van der Waals surface area (Å²) in [5, 5.41) is 28.2. The van der Waals surface area contributed by atoms with Gasteiger partial charge in [0.2, 0.25) is 0 Å². The van der Waals surface area contributed by atoms with Crippen LogP contribution in [0.5, 0.6) is 0 Å². The number of aliphatic hydroxyl groups is 2. The van der Waals surface area contributed by atoms with Crippen molar-refractivity contribution >= 4 is 23.9 Å². The van der Waals surface area contributed by atoms with Crippen LogP contribution in [-0.2, 0) is 0 Å². The summed E-state index contributed by atoms with van der Waals surface area (Å²) in [5.41, 5.74) is 0.368. The maximum Gasteiger partial charge on any atom is 0.269 e. The molecule has 0 aromatic heterocycles. The third-order valence-corrected chi connectivity index (χ3v) is 2.89. The lowest BCUT2D eigenvalue weighted by atomic mass is 10.1. The molecule has 8 heteroatoms. The number of rotatable bonds is 9. The molecular formula is C13H19ClN2O5. The molecule has 0 aliphatic rings. The number of non-ortho nitro benzene ring substituents is 1. The number of carbonyl (C=O) groups is 1. The summed E-state index contributed by atoms with van der Waals surface area (Å²) >= 11 is 0. The molecule has 0 amide bonds. The van der Waals surface area contributed by atoms with Gasteiger partial charge < -0.3 is 10.2 Å². The highest BCUT2D eigenvalue weighted by atomic mass is 35.5. The Morgan fingerprint density at radius 1 is 1.10 bits per heavy atom. The Bertz CT molecular complexity index is 446. The standard InChI is InChI=1S/C13H18N2O5.ClH/c16-9-7-14(8-10-17)6-5-13(18)11-1-3-12(4-2-11)15(19)20;/h1-4,16-17H,5-10H2;1H. The molecule has 0 heterocycles. The molecule has 21 heavy (non-hydrogen) atoms. The predicted octanol–water partition coefficient (Wildman–Crippen LogP) is 0.876. The maximum absolute atomic E-state index is 11.9. The van der Waals surface area contributed by atoms with E-state index in [0.717, 1.165) is 0 Å². The van der Waals surface area contributed by atoms with Crippen LogP contribution in [0.2, 0.25) is 0 Å². The Hall–Kier alpha value is -1.54. The van der Waals surface area contributed by atoms with Crippen LogP contribution < -0.4 is 0 Å². The van der Waals surface area contributed by atoms with Crippen molar-refractivity contribution in [1.82, 2.24) is 4.90 Å². The van der Waals surface area contributed by atoms with E-state index in [9.17, 15) is 14.9 Å². The first-order valence-corrected chi connectivity index (χ1v) is 6.30. The summed E-state index contributed by atoms with van der Waals surface area (Å²) < 4.78 is 0. The summed E-state index contributed by atoms with van der Waals surface area (Å²) in [6.45, 7) is 1.15. The lowest BCUT2D eigenvalue weighted by Gasteiger charge is -2.19. The molecule has 118 valence electrons. The number of nitrogens with zero attached hydrogens (tertiary/aromatic N) is 2. The molecule has 0 saturated heterocycles. The van der Waals surface area contributed by atoms with Crippen molar-refractivity contribution in [2.75, 3.05) is 32.8 Å². The lowest BCUT2D eigenvalue weighted by molar-refractivity contribution is -0.384. The molecule has 2 N–H and O–H groups in total. The fourth-order valence-corrected chi connectivity index (χ4v) is 1.79. The fourth-order valence-electron chi connectivity index (χ4n) is 1.79.